The molecule has 0 N–H and O–H groups in total. The maximum absolute atomic E-state index is 6.39. The SMILES string of the molecule is COc1ccc(C)cc1CN1CCC2(CC1)OCCc1cnc(C(C)C)nc12. The van der Waals surface area contributed by atoms with Crippen LogP contribution in [0.5, 0.6) is 5.75 Å². The van der Waals surface area contributed by atoms with Gasteiger partial charge in [0.2, 0.25) is 0 Å². The average Bonchev–Trinajstić information content (AvgIpc) is 2.70. The van der Waals surface area contributed by atoms with E-state index in [-0.39, 0.29) is 5.60 Å². The Morgan fingerprint density at radius 2 is 2.04 bits per heavy atom. The zero-order chi connectivity index (χ0) is 19.7. The minimum absolute atomic E-state index is 0.243. The van der Waals surface area contributed by atoms with Crippen molar-refractivity contribution < 1.29 is 9.47 Å². The van der Waals surface area contributed by atoms with E-state index < -0.39 is 0 Å². The largest absolute Gasteiger partial charge is 0.496 e. The lowest BCUT2D eigenvalue weighted by atomic mass is 9.83. The van der Waals surface area contributed by atoms with Crippen molar-refractivity contribution in [3.63, 3.8) is 0 Å². The van der Waals surface area contributed by atoms with E-state index in [1.807, 2.05) is 6.20 Å². The van der Waals surface area contributed by atoms with Crippen LogP contribution in [0.4, 0.5) is 0 Å². The second-order valence-electron chi connectivity index (χ2n) is 8.44. The van der Waals surface area contributed by atoms with Crippen molar-refractivity contribution in [1.82, 2.24) is 14.9 Å². The fraction of sp³-hybridized carbons (Fsp3) is 0.565. The molecule has 1 saturated heterocycles. The van der Waals surface area contributed by atoms with Gasteiger partial charge in [-0.1, -0.05) is 31.5 Å². The normalized spacial score (nSPS) is 19.0. The maximum Gasteiger partial charge on any atom is 0.131 e. The summed E-state index contributed by atoms with van der Waals surface area (Å²) in [5.41, 5.74) is 4.70. The number of fused-ring (bicyclic) bond motifs is 2. The molecule has 0 aliphatic carbocycles. The number of ether oxygens (including phenoxy) is 2. The van der Waals surface area contributed by atoms with Gasteiger partial charge in [-0.05, 0) is 37.8 Å². The molecule has 1 fully saturated rings. The lowest BCUT2D eigenvalue weighted by Crippen LogP contribution is -2.47. The number of piperidine rings is 1. The lowest BCUT2D eigenvalue weighted by molar-refractivity contribution is -0.102. The minimum Gasteiger partial charge on any atom is -0.496 e. The second-order valence-corrected chi connectivity index (χ2v) is 8.44. The van der Waals surface area contributed by atoms with Gasteiger partial charge in [0.05, 0.1) is 19.4 Å². The first kappa shape index (κ1) is 19.3. The predicted molar refractivity (Wildman–Crippen MR) is 110 cm³/mol. The van der Waals surface area contributed by atoms with E-state index in [9.17, 15) is 0 Å². The standard InChI is InChI=1S/C23H31N3O2/c1-16(2)22-24-14-18-7-12-28-23(21(18)25-22)8-10-26(11-9-23)15-19-13-17(3)5-6-20(19)27-4/h5-6,13-14,16H,7-12,15H2,1-4H3. The van der Waals surface area contributed by atoms with Gasteiger partial charge in [0.25, 0.3) is 0 Å². The van der Waals surface area contributed by atoms with Gasteiger partial charge in [0, 0.05) is 37.3 Å². The summed E-state index contributed by atoms with van der Waals surface area (Å²) in [4.78, 5) is 12.0. The van der Waals surface area contributed by atoms with Crippen LogP contribution in [-0.4, -0.2) is 41.7 Å². The van der Waals surface area contributed by atoms with Crippen LogP contribution in [0, 0.1) is 6.92 Å². The van der Waals surface area contributed by atoms with Crippen molar-refractivity contribution in [3.8, 4) is 5.75 Å². The van der Waals surface area contributed by atoms with Crippen LogP contribution in [0.25, 0.3) is 0 Å². The third-order valence-electron chi connectivity index (χ3n) is 6.07. The monoisotopic (exact) mass is 381 g/mol. The van der Waals surface area contributed by atoms with Crippen LogP contribution in [0.3, 0.4) is 0 Å². The highest BCUT2D eigenvalue weighted by Crippen LogP contribution is 2.41. The van der Waals surface area contributed by atoms with Crippen LogP contribution in [0.15, 0.2) is 24.4 Å². The molecule has 0 bridgehead atoms. The maximum atomic E-state index is 6.39. The zero-order valence-electron chi connectivity index (χ0n) is 17.5. The van der Waals surface area contributed by atoms with E-state index in [4.69, 9.17) is 14.5 Å². The summed E-state index contributed by atoms with van der Waals surface area (Å²) in [5.74, 6) is 2.23. The molecular formula is C23H31N3O2. The van der Waals surface area contributed by atoms with Crippen LogP contribution in [0.2, 0.25) is 0 Å². The number of nitrogens with zero attached hydrogens (tertiary/aromatic N) is 3. The molecule has 2 aromatic rings. The molecule has 1 aromatic carbocycles. The molecule has 3 heterocycles. The number of aromatic nitrogens is 2. The molecule has 0 radical (unpaired) electrons. The van der Waals surface area contributed by atoms with Crippen molar-refractivity contribution in [2.75, 3.05) is 26.8 Å². The van der Waals surface area contributed by atoms with Crippen molar-refractivity contribution in [1.29, 1.82) is 0 Å². The molecule has 1 spiro atoms. The van der Waals surface area contributed by atoms with E-state index in [2.05, 4.69) is 48.9 Å². The number of rotatable bonds is 4. The smallest absolute Gasteiger partial charge is 0.131 e. The van der Waals surface area contributed by atoms with Gasteiger partial charge >= 0.3 is 0 Å². The summed E-state index contributed by atoms with van der Waals surface area (Å²) in [5, 5.41) is 0. The Kier molecular flexibility index (Phi) is 5.39. The Hall–Kier alpha value is -1.98. The molecule has 0 unspecified atom stereocenters. The Bertz CT molecular complexity index is 842. The Morgan fingerprint density at radius 1 is 1.25 bits per heavy atom. The van der Waals surface area contributed by atoms with Crippen molar-refractivity contribution in [3.05, 3.63) is 52.6 Å². The van der Waals surface area contributed by atoms with Crippen LogP contribution in [0.1, 0.15) is 60.8 Å². The van der Waals surface area contributed by atoms with Crippen molar-refractivity contribution >= 4 is 0 Å². The number of aryl methyl sites for hydroxylation is 1. The lowest BCUT2D eigenvalue weighted by Gasteiger charge is -2.44. The number of methoxy groups -OCH3 is 1. The summed E-state index contributed by atoms with van der Waals surface area (Å²) in [6.07, 6.45) is 4.90. The first-order valence-corrected chi connectivity index (χ1v) is 10.4. The first-order chi connectivity index (χ1) is 13.5. The minimum atomic E-state index is -0.243. The number of benzene rings is 1. The van der Waals surface area contributed by atoms with Gasteiger partial charge in [-0.2, -0.15) is 0 Å². The third kappa shape index (κ3) is 3.65. The van der Waals surface area contributed by atoms with E-state index in [1.165, 1.54) is 16.7 Å². The summed E-state index contributed by atoms with van der Waals surface area (Å²) < 4.78 is 12.0. The summed E-state index contributed by atoms with van der Waals surface area (Å²) in [6.45, 7) is 10.1. The van der Waals surface area contributed by atoms with Crippen LogP contribution < -0.4 is 4.74 Å². The molecule has 5 nitrogen and oxygen atoms in total. The first-order valence-electron chi connectivity index (χ1n) is 10.4. The molecule has 5 heteroatoms. The third-order valence-corrected chi connectivity index (χ3v) is 6.07. The Labute approximate surface area is 168 Å². The van der Waals surface area contributed by atoms with Gasteiger partial charge in [-0.15, -0.1) is 0 Å². The highest BCUT2D eigenvalue weighted by atomic mass is 16.5. The summed E-state index contributed by atoms with van der Waals surface area (Å²) in [7, 11) is 1.75. The topological polar surface area (TPSA) is 47.5 Å². The fourth-order valence-electron chi connectivity index (χ4n) is 4.43. The van der Waals surface area contributed by atoms with Crippen LogP contribution >= 0.6 is 0 Å². The molecule has 150 valence electrons. The molecule has 0 saturated carbocycles. The van der Waals surface area contributed by atoms with Gasteiger partial charge in [-0.3, -0.25) is 4.90 Å². The zero-order valence-corrected chi connectivity index (χ0v) is 17.5. The molecular weight excluding hydrogens is 350 g/mol. The Balaban J connectivity index is 1.52. The van der Waals surface area contributed by atoms with E-state index in [0.29, 0.717) is 5.92 Å². The van der Waals surface area contributed by atoms with Crippen LogP contribution in [-0.2, 0) is 23.3 Å². The molecule has 0 amide bonds. The Morgan fingerprint density at radius 3 is 2.75 bits per heavy atom. The fourth-order valence-corrected chi connectivity index (χ4v) is 4.43. The van der Waals surface area contributed by atoms with Gasteiger partial charge in [0.15, 0.2) is 0 Å². The summed E-state index contributed by atoms with van der Waals surface area (Å²) >= 11 is 0. The van der Waals surface area contributed by atoms with E-state index in [0.717, 1.165) is 62.8 Å². The second kappa shape index (κ2) is 7.80. The highest BCUT2D eigenvalue weighted by Gasteiger charge is 2.42. The predicted octanol–water partition coefficient (Wildman–Crippen LogP) is 3.98. The summed E-state index contributed by atoms with van der Waals surface area (Å²) in [6, 6.07) is 6.41. The van der Waals surface area contributed by atoms with Gasteiger partial charge in [-0.25, -0.2) is 9.97 Å². The van der Waals surface area contributed by atoms with Gasteiger partial charge < -0.3 is 9.47 Å². The average molecular weight is 382 g/mol. The molecule has 0 atom stereocenters. The molecule has 2 aliphatic heterocycles. The number of likely N-dealkylation sites (tertiary alicyclic amines) is 1. The quantitative estimate of drug-likeness (QED) is 0.802. The molecule has 1 aromatic heterocycles. The van der Waals surface area contributed by atoms with Crippen molar-refractivity contribution in [2.45, 2.75) is 58.1 Å². The van der Waals surface area contributed by atoms with E-state index >= 15 is 0 Å². The molecule has 2 aliphatic rings. The van der Waals surface area contributed by atoms with Gasteiger partial charge in [0.1, 0.15) is 17.2 Å². The van der Waals surface area contributed by atoms with E-state index in [1.54, 1.807) is 7.11 Å². The highest BCUT2D eigenvalue weighted by molar-refractivity contribution is 5.37. The molecule has 4 rings (SSSR count). The number of hydrogen-bond acceptors (Lipinski definition) is 5. The van der Waals surface area contributed by atoms with Crippen molar-refractivity contribution in [2.24, 2.45) is 0 Å². The molecule has 28 heavy (non-hydrogen) atoms. The number of hydrogen-bond donors (Lipinski definition) is 0.